The fraction of sp³-hybridized carbons (Fsp3) is 0.125. The van der Waals surface area contributed by atoms with Crippen molar-refractivity contribution in [3.8, 4) is 0 Å². The van der Waals surface area contributed by atoms with Gasteiger partial charge in [0.1, 0.15) is 0 Å². The molecule has 0 spiro atoms. The molecule has 6 nitrogen and oxygen atoms in total. The third-order valence-electron chi connectivity index (χ3n) is 2.99. The summed E-state index contributed by atoms with van der Waals surface area (Å²) in [6.07, 6.45) is 1.43. The number of hydrazone groups is 1. The molecule has 1 unspecified atom stereocenters. The smallest absolute Gasteiger partial charge is 0.269 e. The van der Waals surface area contributed by atoms with E-state index in [4.69, 9.17) is 11.6 Å². The first kappa shape index (κ1) is 18.0. The van der Waals surface area contributed by atoms with Crippen LogP contribution in [0.1, 0.15) is 12.5 Å². The number of carbonyl (C=O) groups excluding carboxylic acids is 1. The van der Waals surface area contributed by atoms with Gasteiger partial charge in [-0.2, -0.15) is 5.10 Å². The topological polar surface area (TPSA) is 84.6 Å². The molecule has 8 heteroatoms. The average Bonchev–Trinajstić information content (AvgIpc) is 2.57. The zero-order valence-corrected chi connectivity index (χ0v) is 14.3. The SMILES string of the molecule is CC(Sc1ccc(Cl)cc1)C(=O)N/N=C/c1ccc([N+](=O)[O-])cc1. The van der Waals surface area contributed by atoms with Gasteiger partial charge in [0.15, 0.2) is 0 Å². The lowest BCUT2D eigenvalue weighted by Gasteiger charge is -2.09. The Hall–Kier alpha value is -2.38. The maximum atomic E-state index is 12.0. The highest BCUT2D eigenvalue weighted by atomic mass is 35.5. The molecule has 24 heavy (non-hydrogen) atoms. The minimum Gasteiger partial charge on any atom is -0.272 e. The van der Waals surface area contributed by atoms with Crippen LogP contribution >= 0.6 is 23.4 Å². The van der Waals surface area contributed by atoms with Gasteiger partial charge in [-0.1, -0.05) is 11.6 Å². The van der Waals surface area contributed by atoms with Crippen molar-refractivity contribution in [3.63, 3.8) is 0 Å². The lowest BCUT2D eigenvalue weighted by molar-refractivity contribution is -0.384. The summed E-state index contributed by atoms with van der Waals surface area (Å²) in [6.45, 7) is 1.77. The number of benzene rings is 2. The Morgan fingerprint density at radius 2 is 1.88 bits per heavy atom. The molecule has 124 valence electrons. The van der Waals surface area contributed by atoms with Crippen molar-refractivity contribution in [2.24, 2.45) is 5.10 Å². The number of nitro groups is 1. The van der Waals surface area contributed by atoms with Crippen LogP contribution in [0.2, 0.25) is 5.02 Å². The summed E-state index contributed by atoms with van der Waals surface area (Å²) in [5.41, 5.74) is 3.11. The van der Waals surface area contributed by atoms with Crippen molar-refractivity contribution < 1.29 is 9.72 Å². The number of carbonyl (C=O) groups is 1. The van der Waals surface area contributed by atoms with Gasteiger partial charge in [0.25, 0.3) is 11.6 Å². The molecule has 0 bridgehead atoms. The van der Waals surface area contributed by atoms with Gasteiger partial charge in [-0.05, 0) is 48.9 Å². The van der Waals surface area contributed by atoms with Crippen LogP contribution in [0.15, 0.2) is 58.5 Å². The molecule has 2 rings (SSSR count). The van der Waals surface area contributed by atoms with E-state index in [2.05, 4.69) is 10.5 Å². The summed E-state index contributed by atoms with van der Waals surface area (Å²) in [6, 6.07) is 13.1. The molecule has 1 atom stereocenters. The second kappa shape index (κ2) is 8.47. The molecule has 0 aliphatic carbocycles. The number of nitrogens with zero attached hydrogens (tertiary/aromatic N) is 2. The summed E-state index contributed by atoms with van der Waals surface area (Å²) in [4.78, 5) is 23.0. The third-order valence-corrected chi connectivity index (χ3v) is 4.35. The normalized spacial score (nSPS) is 12.1. The molecule has 0 saturated heterocycles. The lowest BCUT2D eigenvalue weighted by atomic mass is 10.2. The van der Waals surface area contributed by atoms with E-state index in [1.807, 2.05) is 12.1 Å². The zero-order valence-electron chi connectivity index (χ0n) is 12.7. The van der Waals surface area contributed by atoms with Gasteiger partial charge in [0.2, 0.25) is 0 Å². The Morgan fingerprint density at radius 1 is 1.25 bits per heavy atom. The average molecular weight is 364 g/mol. The van der Waals surface area contributed by atoms with Crippen LogP contribution in [-0.4, -0.2) is 22.3 Å². The van der Waals surface area contributed by atoms with Crippen LogP contribution in [0.25, 0.3) is 0 Å². The molecule has 0 aliphatic heterocycles. The summed E-state index contributed by atoms with van der Waals surface area (Å²) < 4.78 is 0. The Bertz CT molecular complexity index is 748. The Morgan fingerprint density at radius 3 is 2.46 bits per heavy atom. The van der Waals surface area contributed by atoms with Crippen molar-refractivity contribution >= 4 is 41.2 Å². The number of halogens is 1. The first-order valence-electron chi connectivity index (χ1n) is 6.95. The van der Waals surface area contributed by atoms with E-state index in [1.54, 1.807) is 31.2 Å². The van der Waals surface area contributed by atoms with Crippen LogP contribution in [0.4, 0.5) is 5.69 Å². The minimum absolute atomic E-state index is 0.00386. The molecule has 2 aromatic carbocycles. The van der Waals surface area contributed by atoms with E-state index in [0.717, 1.165) is 4.90 Å². The van der Waals surface area contributed by atoms with Crippen molar-refractivity contribution in [1.82, 2.24) is 5.43 Å². The van der Waals surface area contributed by atoms with Crippen molar-refractivity contribution in [2.75, 3.05) is 0 Å². The van der Waals surface area contributed by atoms with Crippen molar-refractivity contribution in [1.29, 1.82) is 0 Å². The number of rotatable bonds is 6. The number of non-ortho nitro benzene ring substituents is 1. The fourth-order valence-electron chi connectivity index (χ4n) is 1.71. The predicted molar refractivity (Wildman–Crippen MR) is 95.6 cm³/mol. The van der Waals surface area contributed by atoms with E-state index < -0.39 is 4.92 Å². The molecule has 1 N–H and O–H groups in total. The molecule has 0 heterocycles. The summed E-state index contributed by atoms with van der Waals surface area (Å²) in [5.74, 6) is -0.242. The molecule has 0 aromatic heterocycles. The molecule has 0 fully saturated rings. The Balaban J connectivity index is 1.87. The zero-order chi connectivity index (χ0) is 17.5. The van der Waals surface area contributed by atoms with E-state index in [-0.39, 0.29) is 16.8 Å². The number of nitro benzene ring substituents is 1. The summed E-state index contributed by atoms with van der Waals surface area (Å²) in [7, 11) is 0. The molecule has 0 saturated carbocycles. The maximum absolute atomic E-state index is 12.0. The molecule has 2 aromatic rings. The number of thioether (sulfide) groups is 1. The highest BCUT2D eigenvalue weighted by Crippen LogP contribution is 2.24. The van der Waals surface area contributed by atoms with Gasteiger partial charge >= 0.3 is 0 Å². The quantitative estimate of drug-likeness (QED) is 0.365. The second-order valence-corrected chi connectivity index (χ2v) is 6.65. The summed E-state index contributed by atoms with van der Waals surface area (Å²) >= 11 is 7.21. The lowest BCUT2D eigenvalue weighted by Crippen LogP contribution is -2.26. The first-order chi connectivity index (χ1) is 11.5. The van der Waals surface area contributed by atoms with E-state index in [9.17, 15) is 14.9 Å². The van der Waals surface area contributed by atoms with Gasteiger partial charge in [0, 0.05) is 22.1 Å². The van der Waals surface area contributed by atoms with Gasteiger partial charge in [0.05, 0.1) is 16.4 Å². The van der Waals surface area contributed by atoms with E-state index in [0.29, 0.717) is 10.6 Å². The van der Waals surface area contributed by atoms with Gasteiger partial charge < -0.3 is 0 Å². The monoisotopic (exact) mass is 363 g/mol. The van der Waals surface area contributed by atoms with Crippen LogP contribution in [0, 0.1) is 10.1 Å². The van der Waals surface area contributed by atoms with Crippen molar-refractivity contribution in [2.45, 2.75) is 17.1 Å². The van der Waals surface area contributed by atoms with Gasteiger partial charge in [-0.25, -0.2) is 5.43 Å². The van der Waals surface area contributed by atoms with Crippen molar-refractivity contribution in [3.05, 3.63) is 69.2 Å². The largest absolute Gasteiger partial charge is 0.272 e. The number of amides is 1. The highest BCUT2D eigenvalue weighted by molar-refractivity contribution is 8.00. The standard InChI is InChI=1S/C16H14ClN3O3S/c1-11(24-15-8-4-13(17)5-9-15)16(21)19-18-10-12-2-6-14(7-3-12)20(22)23/h2-11H,1H3,(H,19,21)/b18-10+. The summed E-state index contributed by atoms with van der Waals surface area (Å²) in [5, 5.41) is 14.7. The Labute approximate surface area is 148 Å². The van der Waals surface area contributed by atoms with Crippen LogP contribution in [0.5, 0.6) is 0 Å². The number of hydrogen-bond acceptors (Lipinski definition) is 5. The molecule has 0 radical (unpaired) electrons. The molecular weight excluding hydrogens is 350 g/mol. The minimum atomic E-state index is -0.474. The molecule has 0 aliphatic rings. The highest BCUT2D eigenvalue weighted by Gasteiger charge is 2.13. The number of hydrogen-bond donors (Lipinski definition) is 1. The van der Waals surface area contributed by atoms with E-state index >= 15 is 0 Å². The van der Waals surface area contributed by atoms with Gasteiger partial charge in [-0.15, -0.1) is 11.8 Å². The van der Waals surface area contributed by atoms with Gasteiger partial charge in [-0.3, -0.25) is 14.9 Å². The number of nitrogens with one attached hydrogen (secondary N) is 1. The maximum Gasteiger partial charge on any atom is 0.269 e. The predicted octanol–water partition coefficient (Wildman–Crippen LogP) is 3.88. The third kappa shape index (κ3) is 5.36. The fourth-order valence-corrected chi connectivity index (χ4v) is 2.70. The Kier molecular flexibility index (Phi) is 6.34. The van der Waals surface area contributed by atoms with Crippen LogP contribution < -0.4 is 5.43 Å². The first-order valence-corrected chi connectivity index (χ1v) is 8.21. The molecule has 1 amide bonds. The second-order valence-electron chi connectivity index (χ2n) is 4.80. The van der Waals surface area contributed by atoms with Crippen LogP contribution in [0.3, 0.4) is 0 Å². The molecular formula is C16H14ClN3O3S. The van der Waals surface area contributed by atoms with E-state index in [1.165, 1.54) is 30.1 Å². The van der Waals surface area contributed by atoms with Crippen LogP contribution in [-0.2, 0) is 4.79 Å².